The van der Waals surface area contributed by atoms with E-state index in [1.165, 1.54) is 0 Å². The Hall–Kier alpha value is -2.05. The van der Waals surface area contributed by atoms with Crippen LogP contribution in [0.15, 0.2) is 36.4 Å². The smallest absolute Gasteiger partial charge is 0.266 e. The predicted molar refractivity (Wildman–Crippen MR) is 136 cm³/mol. The van der Waals surface area contributed by atoms with Crippen molar-refractivity contribution >= 4 is 0 Å². The molecule has 6 heteroatoms. The molecule has 0 spiro atoms. The molecule has 2 atom stereocenters. The van der Waals surface area contributed by atoms with Gasteiger partial charge in [0.25, 0.3) is 6.43 Å². The summed E-state index contributed by atoms with van der Waals surface area (Å²) in [7, 11) is 0. The van der Waals surface area contributed by atoms with E-state index >= 15 is 4.39 Å². The minimum atomic E-state index is -2.89. The van der Waals surface area contributed by atoms with Gasteiger partial charge in [-0.25, -0.2) is 13.2 Å². The van der Waals surface area contributed by atoms with Crippen LogP contribution in [-0.4, -0.2) is 32.0 Å². The summed E-state index contributed by atoms with van der Waals surface area (Å²) in [5, 5.41) is 0. The summed E-state index contributed by atoms with van der Waals surface area (Å²) in [6, 6.07) is 10.2. The second-order valence-electron chi connectivity index (χ2n) is 10.1. The Balaban J connectivity index is 1.39. The first-order valence-corrected chi connectivity index (χ1v) is 13.6. The third-order valence-corrected chi connectivity index (χ3v) is 7.76. The molecule has 4 rings (SSSR count). The number of unbranched alkanes of at least 4 members (excludes halogenated alkanes) is 1. The van der Waals surface area contributed by atoms with Crippen molar-refractivity contribution in [3.05, 3.63) is 53.3 Å². The van der Waals surface area contributed by atoms with Gasteiger partial charge in [-0.1, -0.05) is 37.6 Å². The second-order valence-corrected chi connectivity index (χ2v) is 10.1. The van der Waals surface area contributed by atoms with Crippen LogP contribution in [0.5, 0.6) is 5.75 Å². The lowest BCUT2D eigenvalue weighted by Gasteiger charge is -2.38. The quantitative estimate of drug-likeness (QED) is 0.304. The van der Waals surface area contributed by atoms with Gasteiger partial charge in [-0.2, -0.15) is 0 Å². The van der Waals surface area contributed by atoms with Crippen LogP contribution in [0.25, 0.3) is 11.1 Å². The topological polar surface area (TPSA) is 27.7 Å². The molecule has 2 aromatic carbocycles. The zero-order valence-corrected chi connectivity index (χ0v) is 21.5. The SMILES string of the molecule is CCCCOC1CCC(C2CCC(c3ccc(-c4ccc(OCC)cc4)c(F)c3C(F)F)CO2)CC1. The summed E-state index contributed by atoms with van der Waals surface area (Å²) in [6.07, 6.45) is 5.72. The number of rotatable bonds is 10. The Labute approximate surface area is 213 Å². The number of benzene rings is 2. The molecule has 1 aliphatic carbocycles. The Kier molecular flexibility index (Phi) is 9.72. The third-order valence-electron chi connectivity index (χ3n) is 7.76. The molecule has 2 unspecified atom stereocenters. The highest BCUT2D eigenvalue weighted by Crippen LogP contribution is 2.41. The van der Waals surface area contributed by atoms with Crippen molar-refractivity contribution in [2.24, 2.45) is 5.92 Å². The molecule has 36 heavy (non-hydrogen) atoms. The maximum absolute atomic E-state index is 15.4. The Bertz CT molecular complexity index is 947. The molecule has 0 aromatic heterocycles. The maximum Gasteiger partial charge on any atom is 0.266 e. The molecule has 0 radical (unpaired) electrons. The van der Waals surface area contributed by atoms with Crippen LogP contribution in [0.3, 0.4) is 0 Å². The van der Waals surface area contributed by atoms with Gasteiger partial charge >= 0.3 is 0 Å². The fraction of sp³-hybridized carbons (Fsp3) is 0.600. The molecule has 3 nitrogen and oxygen atoms in total. The third kappa shape index (κ3) is 6.44. The standard InChI is InChI=1S/C30H39F3O3/c1-3-5-18-35-24-13-8-21(9-14-24)27-17-10-22(19-36-27)25-15-16-26(29(31)28(25)30(32)33)20-6-11-23(12-7-20)34-4-2/h6-7,11-12,15-16,21-22,24,27,30H,3-5,8-10,13-14,17-19H2,1-2H3. The Morgan fingerprint density at radius 2 is 1.69 bits per heavy atom. The predicted octanol–water partition coefficient (Wildman–Crippen LogP) is 8.47. The molecule has 198 valence electrons. The van der Waals surface area contributed by atoms with Crippen molar-refractivity contribution in [3.63, 3.8) is 0 Å². The van der Waals surface area contributed by atoms with Gasteiger partial charge in [0.1, 0.15) is 11.6 Å². The number of hydrogen-bond acceptors (Lipinski definition) is 3. The zero-order valence-electron chi connectivity index (χ0n) is 21.5. The van der Waals surface area contributed by atoms with E-state index in [1.54, 1.807) is 36.4 Å². The zero-order chi connectivity index (χ0) is 25.5. The molecular formula is C30H39F3O3. The van der Waals surface area contributed by atoms with Crippen molar-refractivity contribution in [1.82, 2.24) is 0 Å². The lowest BCUT2D eigenvalue weighted by molar-refractivity contribution is -0.0589. The highest BCUT2D eigenvalue weighted by molar-refractivity contribution is 5.67. The Morgan fingerprint density at radius 3 is 2.31 bits per heavy atom. The summed E-state index contributed by atoms with van der Waals surface area (Å²) >= 11 is 0. The first-order valence-electron chi connectivity index (χ1n) is 13.6. The summed E-state index contributed by atoms with van der Waals surface area (Å²) in [5.41, 5.74) is 0.630. The largest absolute Gasteiger partial charge is 0.494 e. The lowest BCUT2D eigenvalue weighted by Crippen LogP contribution is -2.35. The van der Waals surface area contributed by atoms with Crippen molar-refractivity contribution in [2.75, 3.05) is 19.8 Å². The van der Waals surface area contributed by atoms with Gasteiger partial charge in [0, 0.05) is 18.1 Å². The highest BCUT2D eigenvalue weighted by atomic mass is 19.3. The van der Waals surface area contributed by atoms with Crippen LogP contribution in [-0.2, 0) is 9.47 Å². The monoisotopic (exact) mass is 504 g/mol. The van der Waals surface area contributed by atoms with E-state index in [-0.39, 0.29) is 17.6 Å². The molecule has 1 heterocycles. The molecule has 1 saturated heterocycles. The van der Waals surface area contributed by atoms with Gasteiger partial charge in [-0.15, -0.1) is 0 Å². The number of halogens is 3. The fourth-order valence-electron chi connectivity index (χ4n) is 5.72. The van der Waals surface area contributed by atoms with Crippen LogP contribution in [0.4, 0.5) is 13.2 Å². The van der Waals surface area contributed by atoms with Crippen molar-refractivity contribution in [3.8, 4) is 16.9 Å². The molecule has 2 aliphatic rings. The highest BCUT2D eigenvalue weighted by Gasteiger charge is 2.34. The van der Waals surface area contributed by atoms with Gasteiger partial charge in [-0.05, 0) is 81.0 Å². The average Bonchev–Trinajstić information content (AvgIpc) is 2.90. The molecule has 2 fully saturated rings. The van der Waals surface area contributed by atoms with Gasteiger partial charge in [0.05, 0.1) is 31.0 Å². The van der Waals surface area contributed by atoms with Gasteiger partial charge in [-0.3, -0.25) is 0 Å². The van der Waals surface area contributed by atoms with Crippen molar-refractivity contribution in [2.45, 2.75) is 89.8 Å². The average molecular weight is 505 g/mol. The van der Waals surface area contributed by atoms with E-state index in [9.17, 15) is 8.78 Å². The van der Waals surface area contributed by atoms with E-state index < -0.39 is 17.8 Å². The van der Waals surface area contributed by atoms with Crippen molar-refractivity contribution < 1.29 is 27.4 Å². The number of alkyl halides is 2. The van der Waals surface area contributed by atoms with Crippen LogP contribution in [0.1, 0.15) is 88.7 Å². The molecule has 0 N–H and O–H groups in total. The van der Waals surface area contributed by atoms with E-state index in [0.29, 0.717) is 42.1 Å². The summed E-state index contributed by atoms with van der Waals surface area (Å²) < 4.78 is 61.3. The molecule has 2 aromatic rings. The first kappa shape index (κ1) is 27.0. The maximum atomic E-state index is 15.4. The first-order chi connectivity index (χ1) is 17.5. The van der Waals surface area contributed by atoms with Gasteiger partial charge in [0.15, 0.2) is 0 Å². The van der Waals surface area contributed by atoms with Crippen LogP contribution in [0.2, 0.25) is 0 Å². The second kappa shape index (κ2) is 13.0. The lowest BCUT2D eigenvalue weighted by atomic mass is 9.79. The van der Waals surface area contributed by atoms with E-state index in [0.717, 1.165) is 58.0 Å². The van der Waals surface area contributed by atoms with Gasteiger partial charge < -0.3 is 14.2 Å². The molecular weight excluding hydrogens is 465 g/mol. The van der Waals surface area contributed by atoms with Crippen LogP contribution >= 0.6 is 0 Å². The van der Waals surface area contributed by atoms with Crippen molar-refractivity contribution in [1.29, 1.82) is 0 Å². The summed E-state index contributed by atoms with van der Waals surface area (Å²) in [6.45, 7) is 5.78. The normalized spacial score (nSPS) is 24.7. The summed E-state index contributed by atoms with van der Waals surface area (Å²) in [5.74, 6) is 0.0992. The number of ether oxygens (including phenoxy) is 3. The minimum Gasteiger partial charge on any atom is -0.494 e. The molecule has 0 amide bonds. The molecule has 1 saturated carbocycles. The molecule has 1 aliphatic heterocycles. The fourth-order valence-corrected chi connectivity index (χ4v) is 5.72. The van der Waals surface area contributed by atoms with E-state index in [2.05, 4.69) is 6.92 Å². The van der Waals surface area contributed by atoms with E-state index in [1.807, 2.05) is 6.92 Å². The Morgan fingerprint density at radius 1 is 0.944 bits per heavy atom. The summed E-state index contributed by atoms with van der Waals surface area (Å²) in [4.78, 5) is 0. The number of hydrogen-bond donors (Lipinski definition) is 0. The van der Waals surface area contributed by atoms with Crippen LogP contribution in [0, 0.1) is 11.7 Å². The molecule has 0 bridgehead atoms. The minimum absolute atomic E-state index is 0.154. The van der Waals surface area contributed by atoms with E-state index in [4.69, 9.17) is 14.2 Å². The van der Waals surface area contributed by atoms with Crippen LogP contribution < -0.4 is 4.74 Å². The van der Waals surface area contributed by atoms with Gasteiger partial charge in [0.2, 0.25) is 0 Å².